The Bertz CT molecular complexity index is 303. The van der Waals surface area contributed by atoms with Crippen LogP contribution in [0.3, 0.4) is 0 Å². The first-order valence-corrected chi connectivity index (χ1v) is 3.79. The van der Waals surface area contributed by atoms with Crippen LogP contribution in [0.5, 0.6) is 0 Å². The highest BCUT2D eigenvalue weighted by Crippen LogP contribution is 2.19. The Hall–Kier alpha value is -1.52. The second kappa shape index (κ2) is 2.51. The molecule has 2 rings (SSSR count). The molecule has 12 heavy (non-hydrogen) atoms. The van der Waals surface area contributed by atoms with Gasteiger partial charge in [-0.2, -0.15) is 0 Å². The number of hydrogen-bond acceptors (Lipinski definition) is 4. The summed E-state index contributed by atoms with van der Waals surface area (Å²) in [6.07, 6.45) is 2.11. The molecule has 1 aliphatic carbocycles. The second-order valence-corrected chi connectivity index (χ2v) is 2.86. The van der Waals surface area contributed by atoms with E-state index in [0.717, 1.165) is 12.8 Å². The summed E-state index contributed by atoms with van der Waals surface area (Å²) < 4.78 is 4.55. The minimum Gasteiger partial charge on any atom is -0.368 e. The van der Waals surface area contributed by atoms with Gasteiger partial charge in [-0.15, -0.1) is 0 Å². The summed E-state index contributed by atoms with van der Waals surface area (Å²) in [6, 6.07) is 1.74. The third-order valence-corrected chi connectivity index (χ3v) is 1.67. The summed E-state index contributed by atoms with van der Waals surface area (Å²) in [4.78, 5) is 11.2. The maximum Gasteiger partial charge on any atom is 0.273 e. The Labute approximate surface area is 68.9 Å². The minimum absolute atomic E-state index is 0.163. The predicted octanol–water partition coefficient (Wildman–Crippen LogP) is 0.149. The highest BCUT2D eigenvalue weighted by molar-refractivity contribution is 5.93. The van der Waals surface area contributed by atoms with Gasteiger partial charge in [-0.1, -0.05) is 5.16 Å². The quantitative estimate of drug-likeness (QED) is 0.656. The predicted molar refractivity (Wildman–Crippen MR) is 41.4 cm³/mol. The Kier molecular flexibility index (Phi) is 1.49. The fourth-order valence-electron chi connectivity index (χ4n) is 0.883. The van der Waals surface area contributed by atoms with Gasteiger partial charge in [0.15, 0.2) is 5.69 Å². The van der Waals surface area contributed by atoms with Gasteiger partial charge >= 0.3 is 0 Å². The molecule has 1 heterocycles. The molecule has 0 radical (unpaired) electrons. The zero-order valence-corrected chi connectivity index (χ0v) is 6.41. The molecule has 5 nitrogen and oxygen atoms in total. The Morgan fingerprint density at radius 2 is 2.50 bits per heavy atom. The zero-order chi connectivity index (χ0) is 8.55. The molecule has 1 aromatic rings. The van der Waals surface area contributed by atoms with Crippen LogP contribution in [0.25, 0.3) is 0 Å². The summed E-state index contributed by atoms with van der Waals surface area (Å²) >= 11 is 0. The minimum atomic E-state index is -0.210. The van der Waals surface area contributed by atoms with Crippen LogP contribution in [0.1, 0.15) is 23.3 Å². The third kappa shape index (κ3) is 1.39. The van der Waals surface area contributed by atoms with Gasteiger partial charge in [0.25, 0.3) is 5.91 Å². The molecule has 5 heteroatoms. The van der Waals surface area contributed by atoms with Crippen molar-refractivity contribution in [1.29, 1.82) is 0 Å². The monoisotopic (exact) mass is 167 g/mol. The SMILES string of the molecule is Nc1cc(C(=O)NC2CC2)no1. The molecule has 1 saturated carbocycles. The molecule has 0 saturated heterocycles. The van der Waals surface area contributed by atoms with E-state index < -0.39 is 0 Å². The Morgan fingerprint density at radius 3 is 3.00 bits per heavy atom. The van der Waals surface area contributed by atoms with E-state index in [1.165, 1.54) is 6.07 Å². The van der Waals surface area contributed by atoms with Crippen LogP contribution in [-0.4, -0.2) is 17.1 Å². The average Bonchev–Trinajstić information content (AvgIpc) is 2.72. The molecule has 0 bridgehead atoms. The molecule has 0 unspecified atom stereocenters. The van der Waals surface area contributed by atoms with Crippen LogP contribution in [0.15, 0.2) is 10.6 Å². The highest BCUT2D eigenvalue weighted by Gasteiger charge is 2.24. The van der Waals surface area contributed by atoms with Crippen molar-refractivity contribution in [3.05, 3.63) is 11.8 Å². The number of anilines is 1. The number of nitrogen functional groups attached to an aromatic ring is 1. The van der Waals surface area contributed by atoms with Crippen molar-refractivity contribution in [2.24, 2.45) is 0 Å². The number of nitrogens with one attached hydrogen (secondary N) is 1. The summed E-state index contributed by atoms with van der Waals surface area (Å²) in [5.74, 6) is -0.0473. The van der Waals surface area contributed by atoms with Crippen molar-refractivity contribution in [2.45, 2.75) is 18.9 Å². The average molecular weight is 167 g/mol. The number of nitrogens with zero attached hydrogens (tertiary/aromatic N) is 1. The lowest BCUT2D eigenvalue weighted by Crippen LogP contribution is -2.25. The van der Waals surface area contributed by atoms with E-state index in [4.69, 9.17) is 5.73 Å². The van der Waals surface area contributed by atoms with Crippen molar-refractivity contribution in [3.8, 4) is 0 Å². The van der Waals surface area contributed by atoms with Gasteiger partial charge in [-0.3, -0.25) is 4.79 Å². The fraction of sp³-hybridized carbons (Fsp3) is 0.429. The fourth-order valence-corrected chi connectivity index (χ4v) is 0.883. The molecule has 0 aliphatic heterocycles. The van der Waals surface area contributed by atoms with Crippen molar-refractivity contribution in [2.75, 3.05) is 5.73 Å². The van der Waals surface area contributed by atoms with E-state index in [2.05, 4.69) is 15.0 Å². The van der Waals surface area contributed by atoms with Crippen LogP contribution in [0.4, 0.5) is 5.88 Å². The smallest absolute Gasteiger partial charge is 0.273 e. The topological polar surface area (TPSA) is 81.2 Å². The number of amides is 1. The largest absolute Gasteiger partial charge is 0.368 e. The molecule has 3 N–H and O–H groups in total. The molecule has 0 atom stereocenters. The van der Waals surface area contributed by atoms with E-state index in [-0.39, 0.29) is 17.5 Å². The molecule has 1 aliphatic rings. The molecule has 1 fully saturated rings. The standard InChI is InChI=1S/C7H9N3O2/c8-6-3-5(10-12-6)7(11)9-4-1-2-4/h3-4H,1-2,8H2,(H,9,11). The van der Waals surface area contributed by atoms with E-state index >= 15 is 0 Å². The van der Waals surface area contributed by atoms with Gasteiger partial charge in [0, 0.05) is 12.1 Å². The van der Waals surface area contributed by atoms with Gasteiger partial charge < -0.3 is 15.6 Å². The van der Waals surface area contributed by atoms with E-state index in [9.17, 15) is 4.79 Å². The van der Waals surface area contributed by atoms with E-state index in [1.807, 2.05) is 0 Å². The van der Waals surface area contributed by atoms with E-state index in [0.29, 0.717) is 6.04 Å². The van der Waals surface area contributed by atoms with Gasteiger partial charge in [-0.25, -0.2) is 0 Å². The van der Waals surface area contributed by atoms with Crippen LogP contribution < -0.4 is 11.1 Å². The zero-order valence-electron chi connectivity index (χ0n) is 6.41. The van der Waals surface area contributed by atoms with E-state index in [1.54, 1.807) is 0 Å². The molecule has 1 aromatic heterocycles. The number of aromatic nitrogens is 1. The number of carbonyl (C=O) groups excluding carboxylic acids is 1. The van der Waals surface area contributed by atoms with Crippen LogP contribution in [0, 0.1) is 0 Å². The van der Waals surface area contributed by atoms with Gasteiger partial charge in [0.05, 0.1) is 0 Å². The first-order valence-electron chi connectivity index (χ1n) is 3.79. The van der Waals surface area contributed by atoms with Crippen LogP contribution in [0.2, 0.25) is 0 Å². The Morgan fingerprint density at radius 1 is 1.75 bits per heavy atom. The molecule has 1 amide bonds. The summed E-state index contributed by atoms with van der Waals surface area (Å²) in [6.45, 7) is 0. The van der Waals surface area contributed by atoms with Crippen molar-refractivity contribution in [1.82, 2.24) is 10.5 Å². The lowest BCUT2D eigenvalue weighted by Gasteiger charge is -1.96. The van der Waals surface area contributed by atoms with Crippen molar-refractivity contribution in [3.63, 3.8) is 0 Å². The summed E-state index contributed by atoms with van der Waals surface area (Å²) in [5.41, 5.74) is 5.50. The third-order valence-electron chi connectivity index (χ3n) is 1.67. The maximum atomic E-state index is 11.2. The van der Waals surface area contributed by atoms with Gasteiger partial charge in [0.2, 0.25) is 5.88 Å². The maximum absolute atomic E-state index is 11.2. The van der Waals surface area contributed by atoms with Crippen LogP contribution in [-0.2, 0) is 0 Å². The van der Waals surface area contributed by atoms with Gasteiger partial charge in [0.1, 0.15) is 0 Å². The molecular formula is C7H9N3O2. The molecule has 0 aromatic carbocycles. The lowest BCUT2D eigenvalue weighted by molar-refractivity contribution is 0.0942. The lowest BCUT2D eigenvalue weighted by atomic mass is 10.4. The first-order chi connectivity index (χ1) is 5.75. The number of nitrogens with two attached hydrogens (primary N) is 1. The summed E-state index contributed by atoms with van der Waals surface area (Å²) in [5, 5.41) is 6.25. The molecule has 64 valence electrons. The molecule has 0 spiro atoms. The number of rotatable bonds is 2. The van der Waals surface area contributed by atoms with Gasteiger partial charge in [-0.05, 0) is 12.8 Å². The number of hydrogen-bond donors (Lipinski definition) is 2. The normalized spacial score (nSPS) is 16.0. The van der Waals surface area contributed by atoms with Crippen LogP contribution >= 0.6 is 0 Å². The number of carbonyl (C=O) groups is 1. The Balaban J connectivity index is 2.03. The summed E-state index contributed by atoms with van der Waals surface area (Å²) in [7, 11) is 0. The molecular weight excluding hydrogens is 158 g/mol. The van der Waals surface area contributed by atoms with Crippen molar-refractivity contribution < 1.29 is 9.32 Å². The highest BCUT2D eigenvalue weighted by atomic mass is 16.5. The van der Waals surface area contributed by atoms with Crippen molar-refractivity contribution >= 4 is 11.8 Å². The second-order valence-electron chi connectivity index (χ2n) is 2.86. The first kappa shape index (κ1) is 7.15.